The second-order valence-corrected chi connectivity index (χ2v) is 24.1. The van der Waals surface area contributed by atoms with Gasteiger partial charge >= 0.3 is 0 Å². The summed E-state index contributed by atoms with van der Waals surface area (Å²) in [5.74, 6) is -6.02. The van der Waals surface area contributed by atoms with Crippen LogP contribution in [-0.2, 0) is 57.6 Å². The number of carbonyl (C=O) groups excluding carboxylic acids is 8. The van der Waals surface area contributed by atoms with E-state index in [1.54, 1.807) is 18.6 Å². The number of nitrogens with one attached hydrogen (secondary N) is 10. The van der Waals surface area contributed by atoms with E-state index in [2.05, 4.69) is 74.1 Å². The van der Waals surface area contributed by atoms with E-state index in [0.717, 1.165) is 58.4 Å². The van der Waals surface area contributed by atoms with Gasteiger partial charge in [0.1, 0.15) is 36.3 Å². The molecular formula is C67H99N21O8. The quantitative estimate of drug-likeness (QED) is 0.0146. The zero-order valence-corrected chi connectivity index (χ0v) is 54.9. The smallest absolute Gasteiger partial charge is 0.243 e. The first-order chi connectivity index (χ1) is 46.2. The van der Waals surface area contributed by atoms with Crippen molar-refractivity contribution < 1.29 is 38.4 Å². The molecule has 0 spiro atoms. The molecule has 0 unspecified atom stereocenters. The molecule has 0 aliphatic rings. The average molecular weight is 1330 g/mol. The Hall–Kier alpha value is -10.2. The highest BCUT2D eigenvalue weighted by atomic mass is 16.2. The summed E-state index contributed by atoms with van der Waals surface area (Å²) in [7, 11) is 0. The Kier molecular flexibility index (Phi) is 30.8. The van der Waals surface area contributed by atoms with Crippen molar-refractivity contribution in [2.45, 2.75) is 178 Å². The standard InChI is InChI=1S/C67H99N21O8/c1-2-3-4-5-6-7-8-30-57(89)76-31-16-15-27-51(58(69)90)83-62(94)55(36-42-39-81-49-25-13-10-21-45(42)49)87-60(92)53(29-19-34-79-67(74)75)85-64(96)56(37-43-40-82-50-26-14-11-22-46(43)50)88-61(93)52(28-18-33-78-66(72)73)84-63(95)54(35-41-38-80-48-24-12-9-20-44(41)48)86-59(91)47(68)23-17-32-77-65(70)71/h9-14,20-22,24-26,38-40,47,51-56,80-82H,2-8,15-19,23,27-37,68H2,1H3,(H2,69,90)(H,76,89)(H,83,94)(H,84,95)(H,85,96)(H,86,91)(H,87,92)(H,88,93)(H4,70,71,77)(H4,72,73,78)(H4,74,75,79)/t47-,51+,52+,53+,54-,55-,56-/m1/s1. The van der Waals surface area contributed by atoms with Crippen LogP contribution in [0.5, 0.6) is 0 Å². The van der Waals surface area contributed by atoms with E-state index < -0.39 is 83.6 Å². The van der Waals surface area contributed by atoms with Gasteiger partial charge in [-0.25, -0.2) is 0 Å². The van der Waals surface area contributed by atoms with Gasteiger partial charge in [0.15, 0.2) is 17.9 Å². The van der Waals surface area contributed by atoms with Crippen molar-refractivity contribution >= 4 is 97.8 Å². The lowest BCUT2D eigenvalue weighted by Crippen LogP contribution is -2.60. The molecule has 29 nitrogen and oxygen atoms in total. The van der Waals surface area contributed by atoms with Crippen LogP contribution in [0.4, 0.5) is 0 Å². The van der Waals surface area contributed by atoms with Crippen LogP contribution in [0.3, 0.4) is 0 Å². The number of para-hydroxylation sites is 3. The van der Waals surface area contributed by atoms with E-state index in [1.165, 1.54) is 19.3 Å². The molecule has 29 heteroatoms. The number of aliphatic imine (C=N–C) groups is 3. The van der Waals surface area contributed by atoms with Crippen LogP contribution in [0.15, 0.2) is 106 Å². The third-order valence-electron chi connectivity index (χ3n) is 16.6. The number of amides is 8. The van der Waals surface area contributed by atoms with Crippen molar-refractivity contribution in [1.29, 1.82) is 0 Å². The number of fused-ring (bicyclic) bond motifs is 3. The monoisotopic (exact) mass is 1330 g/mol. The second kappa shape index (κ2) is 39.5. The van der Waals surface area contributed by atoms with E-state index in [1.807, 2.05) is 72.8 Å². The fraction of sp³-hybridized carbons (Fsp3) is 0.478. The van der Waals surface area contributed by atoms with Crippen molar-refractivity contribution in [2.75, 3.05) is 26.2 Å². The number of hydrogen-bond donors (Lipinski definition) is 18. The fourth-order valence-electron chi connectivity index (χ4n) is 11.3. The van der Waals surface area contributed by atoms with Gasteiger partial charge in [0.2, 0.25) is 47.3 Å². The highest BCUT2D eigenvalue weighted by Crippen LogP contribution is 2.23. The van der Waals surface area contributed by atoms with Crippen LogP contribution in [0.25, 0.3) is 32.7 Å². The largest absolute Gasteiger partial charge is 0.370 e. The number of rotatable bonds is 44. The molecule has 6 aromatic rings. The van der Waals surface area contributed by atoms with Crippen LogP contribution < -0.4 is 83.1 Å². The zero-order chi connectivity index (χ0) is 69.4. The summed E-state index contributed by atoms with van der Waals surface area (Å²) in [5, 5.41) is 22.2. The molecule has 0 aliphatic heterocycles. The lowest BCUT2D eigenvalue weighted by molar-refractivity contribution is -0.135. The van der Waals surface area contributed by atoms with Crippen LogP contribution >= 0.6 is 0 Å². The predicted molar refractivity (Wildman–Crippen MR) is 374 cm³/mol. The minimum atomic E-state index is -1.46. The maximum atomic E-state index is 15.3. The molecule has 26 N–H and O–H groups in total. The van der Waals surface area contributed by atoms with Crippen LogP contribution in [0, 0.1) is 0 Å². The molecule has 3 heterocycles. The van der Waals surface area contributed by atoms with Gasteiger partial charge in [-0.15, -0.1) is 0 Å². The highest BCUT2D eigenvalue weighted by molar-refractivity contribution is 5.99. The highest BCUT2D eigenvalue weighted by Gasteiger charge is 2.35. The molecule has 0 bridgehead atoms. The van der Waals surface area contributed by atoms with Crippen molar-refractivity contribution in [3.05, 3.63) is 108 Å². The van der Waals surface area contributed by atoms with E-state index in [-0.39, 0.29) is 101 Å². The van der Waals surface area contributed by atoms with Gasteiger partial charge in [0.25, 0.3) is 0 Å². The molecule has 0 radical (unpaired) electrons. The SMILES string of the molecule is CCCCCCCCCC(=O)NCCCC[C@H](NC(=O)[C@@H](Cc1c[nH]c2ccccc12)NC(=O)[C@H](CCCN=C(N)N)NC(=O)[C@@H](Cc1c[nH]c2ccccc12)NC(=O)[C@H](CCCN=C(N)N)NC(=O)[C@@H](Cc1c[nH]c2ccccc12)NC(=O)[C@H](N)CCCN=C(N)N)C(N)=O. The minimum Gasteiger partial charge on any atom is -0.370 e. The van der Waals surface area contributed by atoms with E-state index in [4.69, 9.17) is 45.9 Å². The number of unbranched alkanes of at least 4 members (excludes halogenated alkanes) is 7. The lowest BCUT2D eigenvalue weighted by Gasteiger charge is -2.28. The van der Waals surface area contributed by atoms with E-state index >= 15 is 14.4 Å². The van der Waals surface area contributed by atoms with Gasteiger partial charge in [-0.3, -0.25) is 53.3 Å². The first kappa shape index (κ1) is 74.8. The summed E-state index contributed by atoms with van der Waals surface area (Å²) in [5.41, 5.74) is 50.1. The predicted octanol–water partition coefficient (Wildman–Crippen LogP) is 1.47. The second-order valence-electron chi connectivity index (χ2n) is 24.1. The molecule has 0 saturated heterocycles. The molecule has 0 aliphatic carbocycles. The lowest BCUT2D eigenvalue weighted by atomic mass is 10.0. The number of hydrogen-bond acceptors (Lipinski definition) is 12. The average Bonchev–Trinajstić information content (AvgIpc) is 1.65. The van der Waals surface area contributed by atoms with E-state index in [0.29, 0.717) is 48.9 Å². The fourth-order valence-corrected chi connectivity index (χ4v) is 11.3. The van der Waals surface area contributed by atoms with Gasteiger partial charge in [0.05, 0.1) is 6.04 Å². The number of carbonyl (C=O) groups is 8. The van der Waals surface area contributed by atoms with Gasteiger partial charge in [-0.05, 0) is 99.1 Å². The number of primary amides is 1. The molecule has 7 atom stereocenters. The first-order valence-electron chi connectivity index (χ1n) is 33.2. The molecule has 3 aromatic heterocycles. The van der Waals surface area contributed by atoms with Gasteiger partial charge in [0, 0.05) is 103 Å². The Balaban J connectivity index is 1.27. The Morgan fingerprint density at radius 1 is 0.396 bits per heavy atom. The molecule has 520 valence electrons. The molecule has 0 saturated carbocycles. The summed E-state index contributed by atoms with van der Waals surface area (Å²) < 4.78 is 0. The first-order valence-corrected chi connectivity index (χ1v) is 33.2. The maximum absolute atomic E-state index is 15.3. The van der Waals surface area contributed by atoms with Crippen molar-refractivity contribution in [3.63, 3.8) is 0 Å². The Morgan fingerprint density at radius 2 is 0.740 bits per heavy atom. The molecule has 0 fully saturated rings. The van der Waals surface area contributed by atoms with Gasteiger partial charge < -0.3 is 98.0 Å². The molecule has 3 aromatic carbocycles. The number of nitrogens with two attached hydrogens (primary N) is 8. The zero-order valence-electron chi connectivity index (χ0n) is 54.9. The normalized spacial score (nSPS) is 13.4. The molecule has 6 rings (SSSR count). The Labute approximate surface area is 558 Å². The van der Waals surface area contributed by atoms with Crippen LogP contribution in [0.1, 0.15) is 133 Å². The van der Waals surface area contributed by atoms with Crippen molar-refractivity contribution in [2.24, 2.45) is 60.8 Å². The number of H-pyrrole nitrogens is 3. The van der Waals surface area contributed by atoms with Crippen molar-refractivity contribution in [3.8, 4) is 0 Å². The summed E-state index contributed by atoms with van der Waals surface area (Å²) in [6, 6.07) is 12.9. The minimum absolute atomic E-state index is 0.0360. The molecular weight excluding hydrogens is 1230 g/mol. The number of benzene rings is 3. The molecule has 96 heavy (non-hydrogen) atoms. The van der Waals surface area contributed by atoms with E-state index in [9.17, 15) is 24.0 Å². The number of aromatic amines is 3. The van der Waals surface area contributed by atoms with Crippen LogP contribution in [0.2, 0.25) is 0 Å². The maximum Gasteiger partial charge on any atom is 0.243 e. The number of nitrogens with zero attached hydrogens (tertiary/aromatic N) is 3. The Bertz CT molecular complexity index is 3600. The number of aromatic nitrogens is 3. The van der Waals surface area contributed by atoms with Gasteiger partial charge in [-0.2, -0.15) is 0 Å². The summed E-state index contributed by atoms with van der Waals surface area (Å²) in [4.78, 5) is 136. The van der Waals surface area contributed by atoms with Gasteiger partial charge in [-0.1, -0.05) is 100 Å². The molecule has 8 amide bonds. The summed E-state index contributed by atoms with van der Waals surface area (Å²) in [6.45, 7) is 2.83. The Morgan fingerprint density at radius 3 is 1.15 bits per heavy atom. The number of guanidine groups is 3. The van der Waals surface area contributed by atoms with Crippen molar-refractivity contribution in [1.82, 2.24) is 52.2 Å². The third-order valence-corrected chi connectivity index (χ3v) is 16.6. The topological polar surface area (TPSA) is 513 Å². The summed E-state index contributed by atoms with van der Waals surface area (Å²) in [6.07, 6.45) is 14.6. The van der Waals surface area contributed by atoms with Crippen LogP contribution in [-0.4, -0.2) is 149 Å². The summed E-state index contributed by atoms with van der Waals surface area (Å²) >= 11 is 0. The third kappa shape index (κ3) is 24.9.